The average Bonchev–Trinajstić information content (AvgIpc) is 2.54. The minimum absolute atomic E-state index is 0.196. The van der Waals surface area contributed by atoms with Crippen molar-refractivity contribution in [2.45, 2.75) is 13.3 Å². The predicted molar refractivity (Wildman–Crippen MR) is 92.0 cm³/mol. The van der Waals surface area contributed by atoms with Crippen LogP contribution in [0, 0.1) is 6.92 Å². The fourth-order valence-corrected chi connectivity index (χ4v) is 2.06. The molecule has 2 N–H and O–H groups in total. The molecule has 0 saturated carbocycles. The summed E-state index contributed by atoms with van der Waals surface area (Å²) >= 11 is 0. The molecule has 1 amide bonds. The van der Waals surface area contributed by atoms with Crippen LogP contribution in [-0.4, -0.2) is 48.2 Å². The van der Waals surface area contributed by atoms with Gasteiger partial charge in [0.2, 0.25) is 0 Å². The molecule has 2 rings (SSSR count). The molecule has 0 fully saturated rings. The molecule has 6 nitrogen and oxygen atoms in total. The van der Waals surface area contributed by atoms with Crippen molar-refractivity contribution in [3.8, 4) is 0 Å². The number of carbonyl (C=O) groups is 1. The van der Waals surface area contributed by atoms with Crippen molar-refractivity contribution in [2.75, 3.05) is 32.5 Å². The number of anilines is 2. The van der Waals surface area contributed by atoms with Gasteiger partial charge in [0.25, 0.3) is 5.91 Å². The number of rotatable bonds is 7. The second-order valence-corrected chi connectivity index (χ2v) is 5.66. The third-order valence-corrected chi connectivity index (χ3v) is 3.37. The average molecular weight is 313 g/mol. The molecule has 23 heavy (non-hydrogen) atoms. The number of carbonyl (C=O) groups excluding carboxylic acids is 1. The summed E-state index contributed by atoms with van der Waals surface area (Å²) in [7, 11) is 4.01. The Morgan fingerprint density at radius 1 is 1.13 bits per heavy atom. The highest BCUT2D eigenvalue weighted by molar-refractivity contribution is 5.92. The zero-order valence-electron chi connectivity index (χ0n) is 13.8. The first-order valence-corrected chi connectivity index (χ1v) is 7.65. The second kappa shape index (κ2) is 8.24. The third kappa shape index (κ3) is 5.34. The van der Waals surface area contributed by atoms with E-state index in [1.54, 1.807) is 12.1 Å². The first-order valence-electron chi connectivity index (χ1n) is 7.65. The molecule has 0 unspecified atom stereocenters. The Morgan fingerprint density at radius 3 is 2.57 bits per heavy atom. The lowest BCUT2D eigenvalue weighted by Gasteiger charge is -2.10. The fraction of sp³-hybridized carbons (Fsp3) is 0.353. The van der Waals surface area contributed by atoms with E-state index in [1.165, 1.54) is 0 Å². The molecule has 0 radical (unpaired) electrons. The van der Waals surface area contributed by atoms with Crippen molar-refractivity contribution in [2.24, 2.45) is 0 Å². The fourth-order valence-electron chi connectivity index (χ4n) is 2.06. The zero-order chi connectivity index (χ0) is 16.7. The van der Waals surface area contributed by atoms with E-state index in [2.05, 4.69) is 25.7 Å². The number of benzene rings is 1. The molecule has 1 aromatic carbocycles. The van der Waals surface area contributed by atoms with Crippen molar-refractivity contribution in [1.82, 2.24) is 20.4 Å². The summed E-state index contributed by atoms with van der Waals surface area (Å²) in [5.74, 6) is 0.419. The van der Waals surface area contributed by atoms with Crippen LogP contribution in [0.5, 0.6) is 0 Å². The summed E-state index contributed by atoms with van der Waals surface area (Å²) in [5.41, 5.74) is 2.42. The Labute approximate surface area is 136 Å². The number of nitrogens with one attached hydrogen (secondary N) is 2. The Kier molecular flexibility index (Phi) is 6.05. The molecule has 0 aliphatic heterocycles. The minimum atomic E-state index is -0.196. The highest BCUT2D eigenvalue weighted by atomic mass is 16.1. The molecule has 6 heteroatoms. The Hall–Kier alpha value is -2.47. The third-order valence-electron chi connectivity index (χ3n) is 3.37. The highest BCUT2D eigenvalue weighted by Gasteiger charge is 2.08. The van der Waals surface area contributed by atoms with Gasteiger partial charge >= 0.3 is 0 Å². The van der Waals surface area contributed by atoms with Gasteiger partial charge in [-0.1, -0.05) is 18.2 Å². The van der Waals surface area contributed by atoms with Crippen LogP contribution in [-0.2, 0) is 0 Å². The van der Waals surface area contributed by atoms with E-state index in [-0.39, 0.29) is 5.91 Å². The molecule has 2 aromatic rings. The van der Waals surface area contributed by atoms with Crippen LogP contribution >= 0.6 is 0 Å². The first kappa shape index (κ1) is 16.9. The van der Waals surface area contributed by atoms with Crippen molar-refractivity contribution in [3.63, 3.8) is 0 Å². The topological polar surface area (TPSA) is 70.2 Å². The number of para-hydroxylation sites is 1. The maximum absolute atomic E-state index is 12.0. The van der Waals surface area contributed by atoms with Gasteiger partial charge in [-0.15, -0.1) is 10.2 Å². The van der Waals surface area contributed by atoms with Crippen molar-refractivity contribution < 1.29 is 4.79 Å². The zero-order valence-corrected chi connectivity index (χ0v) is 13.8. The van der Waals surface area contributed by atoms with E-state index in [1.807, 2.05) is 45.3 Å². The smallest absolute Gasteiger partial charge is 0.271 e. The van der Waals surface area contributed by atoms with E-state index >= 15 is 0 Å². The lowest BCUT2D eigenvalue weighted by molar-refractivity contribution is 0.0946. The molecular formula is C17H23N5O. The van der Waals surface area contributed by atoms with Gasteiger partial charge in [-0.25, -0.2) is 0 Å². The van der Waals surface area contributed by atoms with E-state index in [0.717, 1.165) is 24.2 Å². The number of aryl methyl sites for hydroxylation is 1. The van der Waals surface area contributed by atoms with Crippen LogP contribution in [0.2, 0.25) is 0 Å². The SMILES string of the molecule is Cc1ccccc1Nc1ccc(C(=O)NCCCN(C)C)nn1. The summed E-state index contributed by atoms with van der Waals surface area (Å²) < 4.78 is 0. The van der Waals surface area contributed by atoms with E-state index < -0.39 is 0 Å². The lowest BCUT2D eigenvalue weighted by atomic mass is 10.2. The van der Waals surface area contributed by atoms with E-state index in [4.69, 9.17) is 0 Å². The monoisotopic (exact) mass is 313 g/mol. The van der Waals surface area contributed by atoms with Gasteiger partial charge in [0.1, 0.15) is 0 Å². The standard InChI is InChI=1S/C17H23N5O/c1-13-7-4-5-8-14(13)19-16-10-9-15(20-21-16)17(23)18-11-6-12-22(2)3/h4-5,7-10H,6,11-12H2,1-3H3,(H,18,23)(H,19,21). The molecule has 0 bridgehead atoms. The Balaban J connectivity index is 1.89. The van der Waals surface area contributed by atoms with Crippen LogP contribution < -0.4 is 10.6 Å². The van der Waals surface area contributed by atoms with Gasteiger partial charge in [0, 0.05) is 12.2 Å². The van der Waals surface area contributed by atoms with Crippen molar-refractivity contribution in [1.29, 1.82) is 0 Å². The molecule has 1 heterocycles. The van der Waals surface area contributed by atoms with Gasteiger partial charge in [-0.05, 0) is 57.7 Å². The lowest BCUT2D eigenvalue weighted by Crippen LogP contribution is -2.28. The molecule has 0 aliphatic rings. The van der Waals surface area contributed by atoms with Crippen molar-refractivity contribution in [3.05, 3.63) is 47.7 Å². The molecule has 1 aromatic heterocycles. The number of hydrogen-bond donors (Lipinski definition) is 2. The predicted octanol–water partition coefficient (Wildman–Crippen LogP) is 2.21. The second-order valence-electron chi connectivity index (χ2n) is 5.66. The first-order chi connectivity index (χ1) is 11.1. The largest absolute Gasteiger partial charge is 0.351 e. The van der Waals surface area contributed by atoms with Gasteiger partial charge < -0.3 is 15.5 Å². The van der Waals surface area contributed by atoms with Crippen LogP contribution in [0.4, 0.5) is 11.5 Å². The molecule has 0 saturated heterocycles. The minimum Gasteiger partial charge on any atom is -0.351 e. The number of nitrogens with zero attached hydrogens (tertiary/aromatic N) is 3. The maximum atomic E-state index is 12.0. The molecule has 122 valence electrons. The Bertz CT molecular complexity index is 640. The van der Waals surface area contributed by atoms with Crippen LogP contribution in [0.3, 0.4) is 0 Å². The summed E-state index contributed by atoms with van der Waals surface area (Å²) in [6.45, 7) is 3.58. The van der Waals surface area contributed by atoms with E-state index in [9.17, 15) is 4.79 Å². The maximum Gasteiger partial charge on any atom is 0.271 e. The van der Waals surface area contributed by atoms with Crippen molar-refractivity contribution >= 4 is 17.4 Å². The van der Waals surface area contributed by atoms with Gasteiger partial charge in [-0.2, -0.15) is 0 Å². The van der Waals surface area contributed by atoms with Crippen LogP contribution in [0.25, 0.3) is 0 Å². The number of aromatic nitrogens is 2. The van der Waals surface area contributed by atoms with Gasteiger partial charge in [0.05, 0.1) is 0 Å². The van der Waals surface area contributed by atoms with Crippen LogP contribution in [0.1, 0.15) is 22.5 Å². The number of hydrogen-bond acceptors (Lipinski definition) is 5. The van der Waals surface area contributed by atoms with Gasteiger partial charge in [0.15, 0.2) is 11.5 Å². The summed E-state index contributed by atoms with van der Waals surface area (Å²) in [4.78, 5) is 14.0. The summed E-state index contributed by atoms with van der Waals surface area (Å²) in [6.07, 6.45) is 0.902. The van der Waals surface area contributed by atoms with Gasteiger partial charge in [-0.3, -0.25) is 4.79 Å². The van der Waals surface area contributed by atoms with Crippen LogP contribution in [0.15, 0.2) is 36.4 Å². The summed E-state index contributed by atoms with van der Waals surface area (Å²) in [5, 5.41) is 14.1. The quantitative estimate of drug-likeness (QED) is 0.767. The number of amides is 1. The molecule has 0 atom stereocenters. The summed E-state index contributed by atoms with van der Waals surface area (Å²) in [6, 6.07) is 11.4. The Morgan fingerprint density at radius 2 is 1.91 bits per heavy atom. The molecule has 0 spiro atoms. The normalized spacial score (nSPS) is 10.6. The molecular weight excluding hydrogens is 290 g/mol. The molecule has 0 aliphatic carbocycles. The highest BCUT2D eigenvalue weighted by Crippen LogP contribution is 2.17. The van der Waals surface area contributed by atoms with E-state index in [0.29, 0.717) is 18.1 Å².